The number of carbonyl (C=O) groups is 1. The van der Waals surface area contributed by atoms with Crippen LogP contribution in [0.4, 0.5) is 5.82 Å². The van der Waals surface area contributed by atoms with Gasteiger partial charge in [-0.2, -0.15) is 5.10 Å². The average Bonchev–Trinajstić information content (AvgIpc) is 2.81. The molecular weight excluding hydrogens is 230 g/mol. The third-order valence-electron chi connectivity index (χ3n) is 2.50. The topological polar surface area (TPSA) is 71.8 Å². The van der Waals surface area contributed by atoms with Crippen molar-refractivity contribution in [3.8, 4) is 0 Å². The van der Waals surface area contributed by atoms with Gasteiger partial charge in [-0.15, -0.1) is 0 Å². The third-order valence-corrected chi connectivity index (χ3v) is 2.50. The first-order valence-corrected chi connectivity index (χ1v) is 5.59. The number of rotatable bonds is 4. The van der Waals surface area contributed by atoms with Crippen molar-refractivity contribution in [3.05, 3.63) is 41.9 Å². The lowest BCUT2D eigenvalue weighted by Gasteiger charge is -2.07. The van der Waals surface area contributed by atoms with Gasteiger partial charge >= 0.3 is 0 Å². The Morgan fingerprint density at radius 3 is 3.00 bits per heavy atom. The number of carbonyl (C=O) groups excluding carboxylic acids is 1. The van der Waals surface area contributed by atoms with Gasteiger partial charge in [0.25, 0.3) is 5.91 Å². The van der Waals surface area contributed by atoms with Crippen molar-refractivity contribution in [1.29, 1.82) is 0 Å². The molecule has 0 radical (unpaired) electrons. The highest BCUT2D eigenvalue weighted by Gasteiger charge is 2.10. The Labute approximate surface area is 105 Å². The van der Waals surface area contributed by atoms with E-state index in [0.717, 1.165) is 5.56 Å². The predicted octanol–water partition coefficient (Wildman–Crippen LogP) is 0.787. The summed E-state index contributed by atoms with van der Waals surface area (Å²) in [4.78, 5) is 16.1. The van der Waals surface area contributed by atoms with Crippen LogP contribution < -0.4 is 10.6 Å². The summed E-state index contributed by atoms with van der Waals surface area (Å²) in [6, 6.07) is 3.47. The molecule has 2 aromatic heterocycles. The number of hydrogen-bond donors (Lipinski definition) is 2. The molecule has 0 bridgehead atoms. The minimum absolute atomic E-state index is 0.156. The summed E-state index contributed by atoms with van der Waals surface area (Å²) < 4.78 is 1.70. The lowest BCUT2D eigenvalue weighted by molar-refractivity contribution is 0.0951. The van der Waals surface area contributed by atoms with Gasteiger partial charge in [-0.05, 0) is 12.1 Å². The van der Waals surface area contributed by atoms with E-state index in [0.29, 0.717) is 17.9 Å². The number of amides is 1. The monoisotopic (exact) mass is 245 g/mol. The number of pyridine rings is 1. The van der Waals surface area contributed by atoms with Gasteiger partial charge in [-0.25, -0.2) is 4.98 Å². The first-order valence-electron chi connectivity index (χ1n) is 5.59. The Kier molecular flexibility index (Phi) is 3.57. The van der Waals surface area contributed by atoms with E-state index >= 15 is 0 Å². The maximum absolute atomic E-state index is 12.0. The second kappa shape index (κ2) is 5.31. The summed E-state index contributed by atoms with van der Waals surface area (Å²) in [6.45, 7) is 0.449. The van der Waals surface area contributed by atoms with E-state index in [4.69, 9.17) is 0 Å². The van der Waals surface area contributed by atoms with E-state index < -0.39 is 0 Å². The van der Waals surface area contributed by atoms with Crippen molar-refractivity contribution < 1.29 is 4.79 Å². The average molecular weight is 245 g/mol. The predicted molar refractivity (Wildman–Crippen MR) is 68.2 cm³/mol. The molecule has 1 amide bonds. The summed E-state index contributed by atoms with van der Waals surface area (Å²) in [5.74, 6) is 0.414. The Bertz CT molecular complexity index is 549. The van der Waals surface area contributed by atoms with Gasteiger partial charge in [0.1, 0.15) is 5.82 Å². The Hall–Kier alpha value is -2.37. The van der Waals surface area contributed by atoms with Crippen molar-refractivity contribution in [2.75, 3.05) is 12.4 Å². The molecule has 2 aromatic rings. The summed E-state index contributed by atoms with van der Waals surface area (Å²) >= 11 is 0. The standard InChI is InChI=1S/C12H15N5O/c1-13-11-10(4-3-5-14-11)12(18)15-6-9-7-16-17(2)8-9/h3-5,7-8H,6H2,1-2H3,(H,13,14)(H,15,18). The Morgan fingerprint density at radius 2 is 2.33 bits per heavy atom. The molecule has 2 N–H and O–H groups in total. The summed E-state index contributed by atoms with van der Waals surface area (Å²) in [5, 5.41) is 9.76. The van der Waals surface area contributed by atoms with Gasteiger partial charge in [-0.3, -0.25) is 9.48 Å². The molecule has 0 saturated heterocycles. The van der Waals surface area contributed by atoms with Crippen LogP contribution in [0.15, 0.2) is 30.7 Å². The molecule has 2 rings (SSSR count). The molecule has 0 aromatic carbocycles. The molecule has 2 heterocycles. The van der Waals surface area contributed by atoms with Gasteiger partial charge in [0.15, 0.2) is 0 Å². The maximum atomic E-state index is 12.0. The SMILES string of the molecule is CNc1ncccc1C(=O)NCc1cnn(C)c1. The van der Waals surface area contributed by atoms with Crippen LogP contribution in [-0.2, 0) is 13.6 Å². The number of aromatic nitrogens is 3. The molecule has 0 aliphatic carbocycles. The highest BCUT2D eigenvalue weighted by Crippen LogP contribution is 2.10. The number of aryl methyl sites for hydroxylation is 1. The molecule has 0 atom stereocenters. The lowest BCUT2D eigenvalue weighted by atomic mass is 10.2. The van der Waals surface area contributed by atoms with Crippen molar-refractivity contribution in [2.45, 2.75) is 6.54 Å². The second-order valence-electron chi connectivity index (χ2n) is 3.85. The first-order chi connectivity index (χ1) is 8.70. The highest BCUT2D eigenvalue weighted by atomic mass is 16.1. The minimum Gasteiger partial charge on any atom is -0.372 e. The van der Waals surface area contributed by atoms with Crippen LogP contribution in [-0.4, -0.2) is 27.7 Å². The van der Waals surface area contributed by atoms with Gasteiger partial charge in [0.2, 0.25) is 0 Å². The van der Waals surface area contributed by atoms with Gasteiger partial charge in [0.05, 0.1) is 11.8 Å². The summed E-state index contributed by atoms with van der Waals surface area (Å²) in [6.07, 6.45) is 5.23. The van der Waals surface area contributed by atoms with Crippen LogP contribution in [0.3, 0.4) is 0 Å². The molecule has 94 valence electrons. The van der Waals surface area contributed by atoms with E-state index in [1.54, 1.807) is 36.3 Å². The van der Waals surface area contributed by atoms with E-state index in [-0.39, 0.29) is 5.91 Å². The normalized spacial score (nSPS) is 10.1. The Balaban J connectivity index is 2.03. The Morgan fingerprint density at radius 1 is 1.50 bits per heavy atom. The minimum atomic E-state index is -0.156. The van der Waals surface area contributed by atoms with Crippen LogP contribution >= 0.6 is 0 Å². The molecule has 18 heavy (non-hydrogen) atoms. The van der Waals surface area contributed by atoms with Gasteiger partial charge < -0.3 is 10.6 Å². The number of hydrogen-bond acceptors (Lipinski definition) is 4. The molecule has 6 heteroatoms. The van der Waals surface area contributed by atoms with E-state index in [1.807, 2.05) is 13.2 Å². The third kappa shape index (κ3) is 2.65. The van der Waals surface area contributed by atoms with Crippen LogP contribution in [0.1, 0.15) is 15.9 Å². The molecule has 0 aliphatic heterocycles. The van der Waals surface area contributed by atoms with Crippen LogP contribution in [0, 0.1) is 0 Å². The molecule has 6 nitrogen and oxygen atoms in total. The molecule has 0 unspecified atom stereocenters. The zero-order chi connectivity index (χ0) is 13.0. The van der Waals surface area contributed by atoms with Crippen LogP contribution in [0.2, 0.25) is 0 Å². The number of nitrogens with zero attached hydrogens (tertiary/aromatic N) is 3. The number of anilines is 1. The fourth-order valence-corrected chi connectivity index (χ4v) is 1.63. The second-order valence-corrected chi connectivity index (χ2v) is 3.85. The van der Waals surface area contributed by atoms with Crippen LogP contribution in [0.25, 0.3) is 0 Å². The quantitative estimate of drug-likeness (QED) is 0.835. The zero-order valence-electron chi connectivity index (χ0n) is 10.3. The fourth-order valence-electron chi connectivity index (χ4n) is 1.63. The van der Waals surface area contributed by atoms with Crippen molar-refractivity contribution in [1.82, 2.24) is 20.1 Å². The van der Waals surface area contributed by atoms with E-state index in [2.05, 4.69) is 20.7 Å². The van der Waals surface area contributed by atoms with Crippen molar-refractivity contribution >= 4 is 11.7 Å². The van der Waals surface area contributed by atoms with E-state index in [9.17, 15) is 4.79 Å². The molecular formula is C12H15N5O. The summed E-state index contributed by atoms with van der Waals surface area (Å²) in [7, 11) is 3.58. The van der Waals surface area contributed by atoms with Crippen molar-refractivity contribution in [3.63, 3.8) is 0 Å². The summed E-state index contributed by atoms with van der Waals surface area (Å²) in [5.41, 5.74) is 1.49. The first kappa shape index (κ1) is 12.1. The van der Waals surface area contributed by atoms with Gasteiger partial charge in [-0.1, -0.05) is 0 Å². The smallest absolute Gasteiger partial charge is 0.255 e. The molecule has 0 spiro atoms. The number of nitrogens with one attached hydrogen (secondary N) is 2. The van der Waals surface area contributed by atoms with Crippen molar-refractivity contribution in [2.24, 2.45) is 7.05 Å². The lowest BCUT2D eigenvalue weighted by Crippen LogP contribution is -2.23. The van der Waals surface area contributed by atoms with Gasteiger partial charge in [0, 0.05) is 38.6 Å². The fraction of sp³-hybridized carbons (Fsp3) is 0.250. The van der Waals surface area contributed by atoms with E-state index in [1.165, 1.54) is 0 Å². The molecule has 0 saturated carbocycles. The molecule has 0 fully saturated rings. The maximum Gasteiger partial charge on any atom is 0.255 e. The van der Waals surface area contributed by atoms with Crippen LogP contribution in [0.5, 0.6) is 0 Å². The zero-order valence-corrected chi connectivity index (χ0v) is 10.3. The highest BCUT2D eigenvalue weighted by molar-refractivity contribution is 5.98. The molecule has 0 aliphatic rings. The largest absolute Gasteiger partial charge is 0.372 e.